The van der Waals surface area contributed by atoms with Crippen LogP contribution in [0, 0.1) is 0 Å². The van der Waals surface area contributed by atoms with E-state index >= 15 is 0 Å². The van der Waals surface area contributed by atoms with Crippen LogP contribution in [0.3, 0.4) is 0 Å². The van der Waals surface area contributed by atoms with E-state index in [1.165, 1.54) is 12.7 Å². The molecule has 54 valence electrons. The zero-order valence-corrected chi connectivity index (χ0v) is 5.44. The second-order valence-corrected chi connectivity index (χ2v) is 1.84. The summed E-state index contributed by atoms with van der Waals surface area (Å²) in [5, 5.41) is 0. The van der Waals surface area contributed by atoms with Crippen LogP contribution in [0.1, 0.15) is 11.9 Å². The van der Waals surface area contributed by atoms with Crippen molar-refractivity contribution in [2.24, 2.45) is 11.5 Å². The summed E-state index contributed by atoms with van der Waals surface area (Å²) >= 11 is 0. The Hall–Kier alpha value is -1.07. The van der Waals surface area contributed by atoms with Crippen LogP contribution in [0.25, 0.3) is 0 Å². The molecule has 1 atom stereocenters. The monoisotopic (exact) mass is 139 g/mol. The van der Waals surface area contributed by atoms with Gasteiger partial charge in [0.1, 0.15) is 18.5 Å². The first-order chi connectivity index (χ1) is 4.84. The molecule has 5 nitrogen and oxygen atoms in total. The van der Waals surface area contributed by atoms with E-state index in [9.17, 15) is 0 Å². The highest BCUT2D eigenvalue weighted by Crippen LogP contribution is 1.96. The maximum atomic E-state index is 5.52. The third-order valence-corrected chi connectivity index (χ3v) is 1.10. The summed E-state index contributed by atoms with van der Waals surface area (Å²) in [6, 6.07) is -0.275. The molecule has 1 rings (SSSR count). The van der Waals surface area contributed by atoms with Gasteiger partial charge in [-0.1, -0.05) is 0 Å². The van der Waals surface area contributed by atoms with E-state index in [0.29, 0.717) is 12.4 Å². The van der Waals surface area contributed by atoms with Gasteiger partial charge in [0.15, 0.2) is 0 Å². The van der Waals surface area contributed by atoms with E-state index in [1.54, 1.807) is 0 Å². The summed E-state index contributed by atoms with van der Waals surface area (Å²) in [5.41, 5.74) is 10.8. The molecule has 0 spiro atoms. The molecule has 10 heavy (non-hydrogen) atoms. The summed E-state index contributed by atoms with van der Waals surface area (Å²) in [5.74, 6) is 0.539. The topological polar surface area (TPSA) is 90.7 Å². The standard InChI is InChI=1S/C5H9N5/c6-1-4(7)5-9-2-8-3-10-5/h2-4H,1,6-7H2. The highest BCUT2D eigenvalue weighted by Gasteiger charge is 2.03. The lowest BCUT2D eigenvalue weighted by Gasteiger charge is -2.03. The fourth-order valence-electron chi connectivity index (χ4n) is 0.545. The Kier molecular flexibility index (Phi) is 2.24. The van der Waals surface area contributed by atoms with Crippen molar-refractivity contribution in [3.05, 3.63) is 18.5 Å². The normalized spacial score (nSPS) is 13.0. The fourth-order valence-corrected chi connectivity index (χ4v) is 0.545. The van der Waals surface area contributed by atoms with Gasteiger partial charge in [-0.2, -0.15) is 0 Å². The van der Waals surface area contributed by atoms with Crippen LogP contribution in [0.2, 0.25) is 0 Å². The Labute approximate surface area is 58.5 Å². The second kappa shape index (κ2) is 3.19. The van der Waals surface area contributed by atoms with Crippen LogP contribution in [0.5, 0.6) is 0 Å². The van der Waals surface area contributed by atoms with E-state index in [0.717, 1.165) is 0 Å². The smallest absolute Gasteiger partial charge is 0.149 e. The molecular weight excluding hydrogens is 130 g/mol. The van der Waals surface area contributed by atoms with Crippen molar-refractivity contribution in [2.45, 2.75) is 6.04 Å². The van der Waals surface area contributed by atoms with Crippen LogP contribution >= 0.6 is 0 Å². The molecule has 0 radical (unpaired) electrons. The Morgan fingerprint density at radius 2 is 2.00 bits per heavy atom. The number of nitrogens with two attached hydrogens (primary N) is 2. The van der Waals surface area contributed by atoms with Crippen LogP contribution in [0.4, 0.5) is 0 Å². The summed E-state index contributed by atoms with van der Waals surface area (Å²) < 4.78 is 0. The number of rotatable bonds is 2. The van der Waals surface area contributed by atoms with Crippen molar-refractivity contribution >= 4 is 0 Å². The fraction of sp³-hybridized carbons (Fsp3) is 0.400. The lowest BCUT2D eigenvalue weighted by Crippen LogP contribution is -2.22. The average molecular weight is 139 g/mol. The second-order valence-electron chi connectivity index (χ2n) is 1.84. The lowest BCUT2D eigenvalue weighted by atomic mass is 10.3. The minimum atomic E-state index is -0.275. The van der Waals surface area contributed by atoms with Gasteiger partial charge in [-0.15, -0.1) is 0 Å². The predicted molar refractivity (Wildman–Crippen MR) is 35.8 cm³/mol. The van der Waals surface area contributed by atoms with E-state index in [-0.39, 0.29) is 6.04 Å². The average Bonchev–Trinajstić information content (AvgIpc) is 2.05. The van der Waals surface area contributed by atoms with E-state index < -0.39 is 0 Å². The Morgan fingerprint density at radius 3 is 2.50 bits per heavy atom. The molecule has 4 N–H and O–H groups in total. The Morgan fingerprint density at radius 1 is 1.40 bits per heavy atom. The Bertz CT molecular complexity index is 186. The summed E-state index contributed by atoms with van der Waals surface area (Å²) in [4.78, 5) is 11.3. The minimum Gasteiger partial charge on any atom is -0.328 e. The van der Waals surface area contributed by atoms with Crippen molar-refractivity contribution < 1.29 is 0 Å². The SMILES string of the molecule is NCC(N)c1ncncn1. The van der Waals surface area contributed by atoms with Gasteiger partial charge >= 0.3 is 0 Å². The zero-order valence-electron chi connectivity index (χ0n) is 5.44. The van der Waals surface area contributed by atoms with Crippen LogP contribution in [0.15, 0.2) is 12.7 Å². The molecule has 0 amide bonds. The number of nitrogens with zero attached hydrogens (tertiary/aromatic N) is 3. The van der Waals surface area contributed by atoms with Crippen molar-refractivity contribution in [2.75, 3.05) is 6.54 Å². The van der Waals surface area contributed by atoms with Crippen LogP contribution in [-0.2, 0) is 0 Å². The van der Waals surface area contributed by atoms with Crippen LogP contribution < -0.4 is 11.5 Å². The van der Waals surface area contributed by atoms with E-state index in [2.05, 4.69) is 15.0 Å². The van der Waals surface area contributed by atoms with Crippen molar-refractivity contribution in [1.82, 2.24) is 15.0 Å². The molecule has 1 heterocycles. The largest absolute Gasteiger partial charge is 0.328 e. The predicted octanol–water partition coefficient (Wildman–Crippen LogP) is -1.17. The first kappa shape index (κ1) is 7.04. The molecule has 5 heteroatoms. The zero-order chi connectivity index (χ0) is 7.40. The number of hydrogen-bond donors (Lipinski definition) is 2. The summed E-state index contributed by atoms with van der Waals surface area (Å²) in [6.45, 7) is 0.351. The van der Waals surface area contributed by atoms with Gasteiger partial charge in [-0.25, -0.2) is 15.0 Å². The van der Waals surface area contributed by atoms with Gasteiger partial charge in [0.25, 0.3) is 0 Å². The van der Waals surface area contributed by atoms with Gasteiger partial charge in [-0.3, -0.25) is 0 Å². The molecule has 0 saturated heterocycles. The van der Waals surface area contributed by atoms with Crippen molar-refractivity contribution in [3.8, 4) is 0 Å². The Balaban J connectivity index is 2.75. The van der Waals surface area contributed by atoms with Gasteiger partial charge in [-0.05, 0) is 0 Å². The molecule has 0 aromatic carbocycles. The molecule has 1 aromatic heterocycles. The third kappa shape index (κ3) is 1.46. The number of hydrogen-bond acceptors (Lipinski definition) is 5. The highest BCUT2D eigenvalue weighted by atomic mass is 15.0. The third-order valence-electron chi connectivity index (χ3n) is 1.10. The highest BCUT2D eigenvalue weighted by molar-refractivity contribution is 4.90. The van der Waals surface area contributed by atoms with Gasteiger partial charge in [0, 0.05) is 6.54 Å². The van der Waals surface area contributed by atoms with Gasteiger partial charge in [0.2, 0.25) is 0 Å². The van der Waals surface area contributed by atoms with Crippen molar-refractivity contribution in [3.63, 3.8) is 0 Å². The quantitative estimate of drug-likeness (QED) is 0.538. The van der Waals surface area contributed by atoms with E-state index in [4.69, 9.17) is 11.5 Å². The molecular formula is C5H9N5. The maximum Gasteiger partial charge on any atom is 0.149 e. The first-order valence-corrected chi connectivity index (χ1v) is 2.92. The van der Waals surface area contributed by atoms with Crippen molar-refractivity contribution in [1.29, 1.82) is 0 Å². The molecule has 0 fully saturated rings. The van der Waals surface area contributed by atoms with E-state index in [1.807, 2.05) is 0 Å². The number of aromatic nitrogens is 3. The summed E-state index contributed by atoms with van der Waals surface area (Å²) in [7, 11) is 0. The molecule has 0 aliphatic rings. The molecule has 0 aliphatic carbocycles. The van der Waals surface area contributed by atoms with Crippen LogP contribution in [-0.4, -0.2) is 21.5 Å². The molecule has 0 bridgehead atoms. The molecule has 0 aliphatic heterocycles. The maximum absolute atomic E-state index is 5.52. The molecule has 1 aromatic rings. The molecule has 1 unspecified atom stereocenters. The van der Waals surface area contributed by atoms with Gasteiger partial charge in [0.05, 0.1) is 6.04 Å². The minimum absolute atomic E-state index is 0.275. The summed E-state index contributed by atoms with van der Waals surface area (Å²) in [6.07, 6.45) is 2.80. The molecule has 0 saturated carbocycles. The lowest BCUT2D eigenvalue weighted by molar-refractivity contribution is 0.673. The van der Waals surface area contributed by atoms with Gasteiger partial charge < -0.3 is 11.5 Å². The first-order valence-electron chi connectivity index (χ1n) is 2.92.